The Hall–Kier alpha value is -3.15. The lowest BCUT2D eigenvalue weighted by Crippen LogP contribution is -2.36. The molecule has 0 aliphatic carbocycles. The Morgan fingerprint density at radius 3 is 2.66 bits per heavy atom. The van der Waals surface area contributed by atoms with Crippen LogP contribution in [0.3, 0.4) is 0 Å². The van der Waals surface area contributed by atoms with Crippen LogP contribution in [0.1, 0.15) is 23.3 Å². The van der Waals surface area contributed by atoms with Gasteiger partial charge in [0.15, 0.2) is 0 Å². The van der Waals surface area contributed by atoms with Crippen molar-refractivity contribution < 1.29 is 13.2 Å². The van der Waals surface area contributed by atoms with Crippen molar-refractivity contribution in [2.75, 3.05) is 37.3 Å². The van der Waals surface area contributed by atoms with Gasteiger partial charge in [0.25, 0.3) is 0 Å². The molecule has 1 aliphatic rings. The zero-order valence-corrected chi connectivity index (χ0v) is 20.2. The van der Waals surface area contributed by atoms with Gasteiger partial charge in [0, 0.05) is 17.6 Å². The first-order valence-corrected chi connectivity index (χ1v) is 12.5. The molecule has 0 unspecified atom stereocenters. The van der Waals surface area contributed by atoms with Gasteiger partial charge in [-0.3, -0.25) is 0 Å². The van der Waals surface area contributed by atoms with Gasteiger partial charge in [-0.15, -0.1) is 11.3 Å². The number of benzene rings is 2. The highest BCUT2D eigenvalue weighted by Gasteiger charge is 2.31. The monoisotopic (exact) mass is 496 g/mol. The van der Waals surface area contributed by atoms with Crippen molar-refractivity contribution in [2.24, 2.45) is 0 Å². The van der Waals surface area contributed by atoms with Crippen molar-refractivity contribution in [1.82, 2.24) is 9.88 Å². The number of aromatic nitrogens is 1. The summed E-state index contributed by atoms with van der Waals surface area (Å²) in [6, 6.07) is 13.8. The predicted molar refractivity (Wildman–Crippen MR) is 139 cm³/mol. The van der Waals surface area contributed by atoms with Crippen LogP contribution in [0.15, 0.2) is 48.7 Å². The number of fused-ring (bicyclic) bond motifs is 2. The number of rotatable bonds is 5. The number of nitrogens with zero attached hydrogens (tertiary/aromatic N) is 1. The number of nitrogens with one attached hydrogen (secondary N) is 3. The Bertz CT molecular complexity index is 1380. The number of halogens is 3. The lowest BCUT2D eigenvalue weighted by Gasteiger charge is -2.30. The van der Waals surface area contributed by atoms with Gasteiger partial charge >= 0.3 is 6.18 Å². The Labute approximate surface area is 206 Å². The Morgan fingerprint density at radius 1 is 1.09 bits per heavy atom. The molecule has 2 aromatic carbocycles. The van der Waals surface area contributed by atoms with Crippen LogP contribution in [0, 0.1) is 11.8 Å². The van der Waals surface area contributed by atoms with Crippen molar-refractivity contribution in [2.45, 2.75) is 31.5 Å². The van der Waals surface area contributed by atoms with Gasteiger partial charge in [-0.1, -0.05) is 36.1 Å². The minimum Gasteiger partial charge on any atom is -0.381 e. The lowest BCUT2D eigenvalue weighted by atomic mass is 10.0. The predicted octanol–water partition coefficient (Wildman–Crippen LogP) is 6.46. The number of para-hydroxylation sites is 1. The second kappa shape index (κ2) is 9.84. The first kappa shape index (κ1) is 23.6. The van der Waals surface area contributed by atoms with Crippen LogP contribution in [-0.2, 0) is 6.42 Å². The zero-order chi connectivity index (χ0) is 24.4. The molecule has 5 rings (SSSR count). The first-order chi connectivity index (χ1) is 16.9. The van der Waals surface area contributed by atoms with E-state index in [1.165, 1.54) is 11.3 Å². The maximum absolute atomic E-state index is 13.5. The number of aromatic amines is 1. The quantitative estimate of drug-likeness (QED) is 0.278. The summed E-state index contributed by atoms with van der Waals surface area (Å²) in [7, 11) is 2.11. The molecule has 0 atom stereocenters. The average Bonchev–Trinajstić information content (AvgIpc) is 3.43. The molecule has 3 N–H and O–H groups in total. The van der Waals surface area contributed by atoms with E-state index in [1.54, 1.807) is 6.07 Å². The second-order valence-corrected chi connectivity index (χ2v) is 10.0. The molecule has 1 saturated heterocycles. The Kier molecular flexibility index (Phi) is 6.63. The molecule has 0 amide bonds. The molecule has 4 nitrogen and oxygen atoms in total. The van der Waals surface area contributed by atoms with E-state index >= 15 is 0 Å². The van der Waals surface area contributed by atoms with Crippen LogP contribution in [-0.4, -0.2) is 48.8 Å². The average molecular weight is 497 g/mol. The summed E-state index contributed by atoms with van der Waals surface area (Å²) in [5.74, 6) is 6.08. The van der Waals surface area contributed by atoms with Crippen molar-refractivity contribution in [1.29, 1.82) is 0 Å². The van der Waals surface area contributed by atoms with Gasteiger partial charge < -0.3 is 20.5 Å². The third-order valence-electron chi connectivity index (χ3n) is 6.43. The van der Waals surface area contributed by atoms with Crippen molar-refractivity contribution in [3.63, 3.8) is 0 Å². The van der Waals surface area contributed by atoms with E-state index < -0.39 is 12.6 Å². The van der Waals surface area contributed by atoms with Crippen molar-refractivity contribution in [3.8, 4) is 11.8 Å². The molecule has 1 fully saturated rings. The fourth-order valence-electron chi connectivity index (χ4n) is 4.63. The molecule has 1 aliphatic heterocycles. The van der Waals surface area contributed by atoms with Crippen LogP contribution in [0.5, 0.6) is 0 Å². The summed E-state index contributed by atoms with van der Waals surface area (Å²) in [6.45, 7) is 2.35. The van der Waals surface area contributed by atoms with E-state index in [0.717, 1.165) is 52.9 Å². The summed E-state index contributed by atoms with van der Waals surface area (Å²) in [4.78, 5) is 5.97. The number of anilines is 2. The van der Waals surface area contributed by atoms with Crippen molar-refractivity contribution in [3.05, 3.63) is 59.1 Å². The molecule has 4 aromatic rings. The minimum absolute atomic E-state index is 0.267. The molecular formula is C27H27F3N4S. The minimum atomic E-state index is -4.30. The van der Waals surface area contributed by atoms with Gasteiger partial charge in [0.05, 0.1) is 39.4 Å². The van der Waals surface area contributed by atoms with E-state index in [4.69, 9.17) is 0 Å². The second-order valence-electron chi connectivity index (χ2n) is 9.01. The van der Waals surface area contributed by atoms with E-state index in [9.17, 15) is 13.2 Å². The third kappa shape index (κ3) is 5.42. The number of thiophene rings is 1. The number of alkyl halides is 3. The smallest absolute Gasteiger partial charge is 0.381 e. The Balaban J connectivity index is 1.41. The number of hydrogen-bond acceptors (Lipinski definition) is 4. The van der Waals surface area contributed by atoms with Gasteiger partial charge in [-0.25, -0.2) is 0 Å². The maximum Gasteiger partial charge on any atom is 0.393 e. The molecular weight excluding hydrogens is 469 g/mol. The molecule has 0 saturated carbocycles. The zero-order valence-electron chi connectivity index (χ0n) is 19.4. The summed E-state index contributed by atoms with van der Waals surface area (Å²) < 4.78 is 41.3. The molecule has 0 spiro atoms. The molecule has 0 radical (unpaired) electrons. The lowest BCUT2D eigenvalue weighted by molar-refractivity contribution is -0.126. The summed E-state index contributed by atoms with van der Waals surface area (Å²) in [6.07, 6.45) is -1.38. The van der Waals surface area contributed by atoms with Crippen LogP contribution >= 0.6 is 11.3 Å². The van der Waals surface area contributed by atoms with Gasteiger partial charge in [-0.05, 0) is 62.1 Å². The summed E-state index contributed by atoms with van der Waals surface area (Å²) >= 11 is 1.35. The fourth-order valence-corrected chi connectivity index (χ4v) is 5.80. The highest BCUT2D eigenvalue weighted by atomic mass is 32.1. The summed E-state index contributed by atoms with van der Waals surface area (Å²) in [5.41, 5.74) is 3.07. The molecule has 0 bridgehead atoms. The molecule has 8 heteroatoms. The standard InChI is InChI=1S/C27H27F3N4S/c1-34-15-11-19(12-16-34)33-23-8-3-6-20-21(17-27(28,29)30)24(35-26(20)23)9-4-13-31-22-7-2-5-18-10-14-32-25(18)22/h2-3,5-8,10,14,19,31-33H,11-13,15-17H2,1H3. The van der Waals surface area contributed by atoms with Crippen LogP contribution in [0.4, 0.5) is 24.5 Å². The van der Waals surface area contributed by atoms with Crippen LogP contribution in [0.2, 0.25) is 0 Å². The largest absolute Gasteiger partial charge is 0.393 e. The molecule has 3 heterocycles. The molecule has 2 aromatic heterocycles. The number of likely N-dealkylation sites (tertiary alicyclic amines) is 1. The van der Waals surface area contributed by atoms with Gasteiger partial charge in [-0.2, -0.15) is 13.2 Å². The number of piperidine rings is 1. The normalized spacial score (nSPS) is 15.3. The molecule has 182 valence electrons. The van der Waals surface area contributed by atoms with Crippen molar-refractivity contribution >= 4 is 43.7 Å². The maximum atomic E-state index is 13.5. The summed E-state index contributed by atoms with van der Waals surface area (Å²) in [5, 5.41) is 8.59. The van der Waals surface area contributed by atoms with E-state index in [0.29, 0.717) is 22.8 Å². The van der Waals surface area contributed by atoms with Gasteiger partial charge in [0.2, 0.25) is 0 Å². The number of hydrogen-bond donors (Lipinski definition) is 3. The SMILES string of the molecule is CN1CCC(Nc2cccc3c(CC(F)(F)F)c(C#CCNc4cccc5cc[nH]c45)sc23)CC1. The van der Waals surface area contributed by atoms with E-state index in [1.807, 2.05) is 42.6 Å². The third-order valence-corrected chi connectivity index (χ3v) is 7.63. The molecule has 35 heavy (non-hydrogen) atoms. The highest BCUT2D eigenvalue weighted by molar-refractivity contribution is 7.20. The highest BCUT2D eigenvalue weighted by Crippen LogP contribution is 2.39. The number of H-pyrrole nitrogens is 1. The first-order valence-electron chi connectivity index (χ1n) is 11.7. The van der Waals surface area contributed by atoms with E-state index in [-0.39, 0.29) is 5.56 Å². The fraction of sp³-hybridized carbons (Fsp3) is 0.333. The van der Waals surface area contributed by atoms with Crippen LogP contribution < -0.4 is 10.6 Å². The Morgan fingerprint density at radius 2 is 1.86 bits per heavy atom. The van der Waals surface area contributed by atoms with Gasteiger partial charge in [0.1, 0.15) is 0 Å². The van der Waals surface area contributed by atoms with Crippen LogP contribution in [0.25, 0.3) is 21.0 Å². The van der Waals surface area contributed by atoms with E-state index in [2.05, 4.69) is 39.4 Å². The topological polar surface area (TPSA) is 43.1 Å².